The fourth-order valence-electron chi connectivity index (χ4n) is 2.20. The summed E-state index contributed by atoms with van der Waals surface area (Å²) in [6.07, 6.45) is 0.665. The van der Waals surface area contributed by atoms with E-state index in [-0.39, 0.29) is 6.61 Å². The number of piperidine rings is 1. The van der Waals surface area contributed by atoms with Crippen LogP contribution in [0, 0.1) is 5.41 Å². The standard InChI is InChI=1S/C12H21NO4/c1-4-17-11(16)12(10(14)15)5-7-13(8-6-12)9(2)3/h9H,4-8H2,1-3H3,(H,14,15). The van der Waals surface area contributed by atoms with Crippen molar-refractivity contribution < 1.29 is 19.4 Å². The highest BCUT2D eigenvalue weighted by atomic mass is 16.5. The van der Waals surface area contributed by atoms with Crippen LogP contribution >= 0.6 is 0 Å². The third kappa shape index (κ3) is 2.77. The van der Waals surface area contributed by atoms with Crippen molar-refractivity contribution in [1.29, 1.82) is 0 Å². The Labute approximate surface area is 102 Å². The summed E-state index contributed by atoms with van der Waals surface area (Å²) in [6, 6.07) is 0.379. The van der Waals surface area contributed by atoms with Crippen molar-refractivity contribution in [2.45, 2.75) is 39.7 Å². The molecule has 0 bridgehead atoms. The minimum Gasteiger partial charge on any atom is -0.480 e. The van der Waals surface area contributed by atoms with E-state index in [1.54, 1.807) is 6.92 Å². The number of aliphatic carboxylic acids is 1. The van der Waals surface area contributed by atoms with Gasteiger partial charge in [0.05, 0.1) is 6.61 Å². The van der Waals surface area contributed by atoms with E-state index in [0.29, 0.717) is 32.0 Å². The molecular formula is C12H21NO4. The first-order valence-electron chi connectivity index (χ1n) is 6.08. The molecule has 1 aliphatic heterocycles. The molecule has 0 aromatic rings. The van der Waals surface area contributed by atoms with E-state index in [9.17, 15) is 14.7 Å². The Kier molecular flexibility index (Phi) is 4.51. The monoisotopic (exact) mass is 243 g/mol. The van der Waals surface area contributed by atoms with Crippen LogP contribution in [0.2, 0.25) is 0 Å². The lowest BCUT2D eigenvalue weighted by Crippen LogP contribution is -2.51. The highest BCUT2D eigenvalue weighted by Crippen LogP contribution is 2.34. The van der Waals surface area contributed by atoms with E-state index in [0.717, 1.165) is 0 Å². The van der Waals surface area contributed by atoms with Crippen LogP contribution in [-0.2, 0) is 14.3 Å². The molecule has 0 amide bonds. The number of hydrogen-bond donors (Lipinski definition) is 1. The first kappa shape index (κ1) is 14.0. The van der Waals surface area contributed by atoms with Gasteiger partial charge in [-0.1, -0.05) is 0 Å². The number of carboxylic acid groups (broad SMARTS) is 1. The molecule has 1 fully saturated rings. The Morgan fingerprint density at radius 3 is 2.24 bits per heavy atom. The average molecular weight is 243 g/mol. The summed E-state index contributed by atoms with van der Waals surface area (Å²) in [4.78, 5) is 25.3. The van der Waals surface area contributed by atoms with Crippen LogP contribution in [0.5, 0.6) is 0 Å². The number of carbonyl (C=O) groups excluding carboxylic acids is 1. The molecule has 0 atom stereocenters. The van der Waals surface area contributed by atoms with Crippen molar-refractivity contribution in [1.82, 2.24) is 4.90 Å². The van der Waals surface area contributed by atoms with Gasteiger partial charge in [-0.2, -0.15) is 0 Å². The SMILES string of the molecule is CCOC(=O)C1(C(=O)O)CCN(C(C)C)CC1. The van der Waals surface area contributed by atoms with E-state index < -0.39 is 17.4 Å². The molecule has 0 unspecified atom stereocenters. The van der Waals surface area contributed by atoms with Gasteiger partial charge in [0.2, 0.25) is 0 Å². The molecule has 0 spiro atoms. The van der Waals surface area contributed by atoms with Crippen LogP contribution < -0.4 is 0 Å². The largest absolute Gasteiger partial charge is 0.480 e. The van der Waals surface area contributed by atoms with Gasteiger partial charge in [-0.05, 0) is 33.6 Å². The minimum absolute atomic E-state index is 0.224. The lowest BCUT2D eigenvalue weighted by molar-refractivity contribution is -0.172. The predicted molar refractivity (Wildman–Crippen MR) is 62.6 cm³/mol. The summed E-state index contributed by atoms with van der Waals surface area (Å²) in [7, 11) is 0. The van der Waals surface area contributed by atoms with Crippen LogP contribution in [-0.4, -0.2) is 47.7 Å². The molecule has 1 aliphatic rings. The Balaban J connectivity index is 2.77. The molecule has 1 saturated heterocycles. The van der Waals surface area contributed by atoms with Crippen LogP contribution in [0.1, 0.15) is 33.6 Å². The number of hydrogen-bond acceptors (Lipinski definition) is 4. The highest BCUT2D eigenvalue weighted by Gasteiger charge is 2.49. The number of ether oxygens (including phenoxy) is 1. The Morgan fingerprint density at radius 2 is 1.88 bits per heavy atom. The summed E-state index contributed by atoms with van der Waals surface area (Å²) in [5.74, 6) is -1.64. The van der Waals surface area contributed by atoms with Crippen LogP contribution in [0.3, 0.4) is 0 Å². The van der Waals surface area contributed by atoms with Crippen LogP contribution in [0.15, 0.2) is 0 Å². The molecule has 0 aromatic heterocycles. The maximum Gasteiger partial charge on any atom is 0.323 e. The van der Waals surface area contributed by atoms with Gasteiger partial charge in [-0.25, -0.2) is 0 Å². The molecule has 0 aliphatic carbocycles. The third-order valence-electron chi connectivity index (χ3n) is 3.46. The number of carboxylic acids is 1. The van der Waals surface area contributed by atoms with Gasteiger partial charge >= 0.3 is 11.9 Å². The van der Waals surface area contributed by atoms with Crippen molar-refractivity contribution in [3.8, 4) is 0 Å². The Morgan fingerprint density at radius 1 is 1.35 bits per heavy atom. The van der Waals surface area contributed by atoms with Gasteiger partial charge in [0.15, 0.2) is 5.41 Å². The Bertz CT molecular complexity index is 293. The van der Waals surface area contributed by atoms with Gasteiger partial charge in [0.1, 0.15) is 0 Å². The number of nitrogens with zero attached hydrogens (tertiary/aromatic N) is 1. The topological polar surface area (TPSA) is 66.8 Å². The van der Waals surface area contributed by atoms with Crippen molar-refractivity contribution in [3.05, 3.63) is 0 Å². The normalized spacial score (nSPS) is 20.2. The van der Waals surface area contributed by atoms with E-state index in [2.05, 4.69) is 18.7 Å². The van der Waals surface area contributed by atoms with Crippen molar-refractivity contribution in [2.24, 2.45) is 5.41 Å². The maximum absolute atomic E-state index is 11.8. The number of rotatable bonds is 4. The number of carbonyl (C=O) groups is 2. The van der Waals surface area contributed by atoms with E-state index in [1.807, 2.05) is 0 Å². The molecule has 1 N–H and O–H groups in total. The molecule has 17 heavy (non-hydrogen) atoms. The molecule has 98 valence electrons. The quantitative estimate of drug-likeness (QED) is 0.592. The molecule has 5 nitrogen and oxygen atoms in total. The fourth-order valence-corrected chi connectivity index (χ4v) is 2.20. The Hall–Kier alpha value is -1.10. The van der Waals surface area contributed by atoms with E-state index >= 15 is 0 Å². The zero-order valence-electron chi connectivity index (χ0n) is 10.7. The summed E-state index contributed by atoms with van der Waals surface area (Å²) < 4.78 is 4.90. The molecule has 0 saturated carbocycles. The molecule has 1 rings (SSSR count). The summed E-state index contributed by atoms with van der Waals surface area (Å²) >= 11 is 0. The summed E-state index contributed by atoms with van der Waals surface area (Å²) in [6.45, 7) is 7.31. The van der Waals surface area contributed by atoms with Gasteiger partial charge in [0, 0.05) is 19.1 Å². The second-order valence-corrected chi connectivity index (χ2v) is 4.74. The second kappa shape index (κ2) is 5.49. The average Bonchev–Trinajstić information content (AvgIpc) is 2.29. The molecule has 5 heteroatoms. The highest BCUT2D eigenvalue weighted by molar-refractivity contribution is 5.99. The minimum atomic E-state index is -1.33. The first-order valence-corrected chi connectivity index (χ1v) is 6.08. The molecular weight excluding hydrogens is 222 g/mol. The number of likely N-dealkylation sites (tertiary alicyclic amines) is 1. The predicted octanol–water partition coefficient (Wildman–Crippen LogP) is 1.12. The zero-order valence-corrected chi connectivity index (χ0v) is 10.7. The van der Waals surface area contributed by atoms with E-state index in [4.69, 9.17) is 4.74 Å². The van der Waals surface area contributed by atoms with Crippen molar-refractivity contribution in [2.75, 3.05) is 19.7 Å². The van der Waals surface area contributed by atoms with Gasteiger partial charge < -0.3 is 14.7 Å². The van der Waals surface area contributed by atoms with Crippen LogP contribution in [0.4, 0.5) is 0 Å². The smallest absolute Gasteiger partial charge is 0.323 e. The molecule has 0 aromatic carbocycles. The lowest BCUT2D eigenvalue weighted by atomic mass is 9.78. The molecule has 1 heterocycles. The maximum atomic E-state index is 11.8. The third-order valence-corrected chi connectivity index (χ3v) is 3.46. The zero-order chi connectivity index (χ0) is 13.1. The van der Waals surface area contributed by atoms with Gasteiger partial charge in [0.25, 0.3) is 0 Å². The summed E-state index contributed by atoms with van der Waals surface area (Å²) in [5.41, 5.74) is -1.33. The van der Waals surface area contributed by atoms with Gasteiger partial charge in [-0.3, -0.25) is 9.59 Å². The van der Waals surface area contributed by atoms with Gasteiger partial charge in [-0.15, -0.1) is 0 Å². The van der Waals surface area contributed by atoms with E-state index in [1.165, 1.54) is 0 Å². The second-order valence-electron chi connectivity index (χ2n) is 4.74. The summed E-state index contributed by atoms with van der Waals surface area (Å²) in [5, 5.41) is 9.29. The first-order chi connectivity index (χ1) is 7.94. The number of esters is 1. The fraction of sp³-hybridized carbons (Fsp3) is 0.833. The van der Waals surface area contributed by atoms with Crippen molar-refractivity contribution in [3.63, 3.8) is 0 Å². The lowest BCUT2D eigenvalue weighted by Gasteiger charge is -2.38. The van der Waals surface area contributed by atoms with Crippen LogP contribution in [0.25, 0.3) is 0 Å². The molecule has 0 radical (unpaired) electrons. The van der Waals surface area contributed by atoms with Crippen molar-refractivity contribution >= 4 is 11.9 Å².